The molecule has 0 N–H and O–H groups in total. The fourth-order valence-electron chi connectivity index (χ4n) is 3.50. The summed E-state index contributed by atoms with van der Waals surface area (Å²) in [5.41, 5.74) is 0. The van der Waals surface area contributed by atoms with E-state index in [-0.39, 0.29) is 0 Å². The van der Waals surface area contributed by atoms with Crippen molar-refractivity contribution < 1.29 is 0 Å². The lowest BCUT2D eigenvalue weighted by Crippen LogP contribution is -1.82. The fourth-order valence-corrected chi connectivity index (χ4v) is 5.31. The van der Waals surface area contributed by atoms with Gasteiger partial charge in [-0.3, -0.25) is 0 Å². The molecule has 0 aliphatic heterocycles. The molecule has 0 saturated carbocycles. The van der Waals surface area contributed by atoms with E-state index in [4.69, 9.17) is 0 Å². The van der Waals surface area contributed by atoms with Gasteiger partial charge in [0, 0.05) is 9.75 Å². The van der Waals surface area contributed by atoms with Crippen LogP contribution < -0.4 is 0 Å². The largest absolute Gasteiger partial charge is 0.132 e. The van der Waals surface area contributed by atoms with Crippen LogP contribution in [0.2, 0.25) is 0 Å². The van der Waals surface area contributed by atoms with Crippen LogP contribution in [-0.4, -0.2) is 0 Å². The summed E-state index contributed by atoms with van der Waals surface area (Å²) >= 11 is 3.66. The summed E-state index contributed by atoms with van der Waals surface area (Å²) in [4.78, 5) is 5.20. The zero-order valence-electron chi connectivity index (χ0n) is 19.0. The highest BCUT2D eigenvalue weighted by molar-refractivity contribution is 7.12. The van der Waals surface area contributed by atoms with Crippen LogP contribution in [0.4, 0.5) is 0 Å². The van der Waals surface area contributed by atoms with Gasteiger partial charge < -0.3 is 0 Å². The minimum absolute atomic E-state index is 1.14. The Bertz CT molecular complexity index is 746. The van der Waals surface area contributed by atoms with E-state index in [9.17, 15) is 0 Å². The summed E-state index contributed by atoms with van der Waals surface area (Å²) in [6.45, 7) is 4.54. The number of unbranched alkanes of at least 4 members (excludes halogenated alkanes) is 10. The minimum atomic E-state index is 1.14. The third-order valence-electron chi connectivity index (χ3n) is 5.31. The predicted octanol–water partition coefficient (Wildman–Crippen LogP) is 9.02. The smallest absolute Gasteiger partial charge is 0.0781 e. The number of hydrogen-bond donors (Lipinski definition) is 0. The highest BCUT2D eigenvalue weighted by Crippen LogP contribution is 2.20. The van der Waals surface area contributed by atoms with Crippen LogP contribution in [0.25, 0.3) is 0 Å². The van der Waals surface area contributed by atoms with Gasteiger partial charge in [0.25, 0.3) is 0 Å². The van der Waals surface area contributed by atoms with Crippen molar-refractivity contribution in [2.45, 2.75) is 104 Å². The van der Waals surface area contributed by atoms with Crippen molar-refractivity contribution in [3.63, 3.8) is 0 Å². The molecule has 0 atom stereocenters. The topological polar surface area (TPSA) is 0 Å². The highest BCUT2D eigenvalue weighted by atomic mass is 32.1. The zero-order chi connectivity index (χ0) is 21.3. The molecule has 0 unspecified atom stereocenters. The Morgan fingerprint density at radius 2 is 0.933 bits per heavy atom. The van der Waals surface area contributed by atoms with E-state index < -0.39 is 0 Å². The number of aryl methyl sites for hydroxylation is 2. The molecule has 30 heavy (non-hydrogen) atoms. The van der Waals surface area contributed by atoms with E-state index >= 15 is 0 Å². The first-order valence-corrected chi connectivity index (χ1v) is 13.6. The van der Waals surface area contributed by atoms with E-state index in [0.717, 1.165) is 9.75 Å². The van der Waals surface area contributed by atoms with Crippen molar-refractivity contribution >= 4 is 22.7 Å². The molecule has 0 nitrogen and oxygen atoms in total. The molecule has 162 valence electrons. The first-order valence-electron chi connectivity index (χ1n) is 12.0. The van der Waals surface area contributed by atoms with Gasteiger partial charge in [-0.1, -0.05) is 78.1 Å². The molecular formula is C28H38S2. The van der Waals surface area contributed by atoms with Gasteiger partial charge in [0.15, 0.2) is 0 Å². The Kier molecular flexibility index (Phi) is 13.4. The molecule has 2 heteroatoms. The standard InChI is InChI=1S/C28H38S2/c1-3-5-7-9-11-13-17-25-21-23-27(29-25)19-15-16-20-28-24-22-26(30-28)18-14-12-10-8-6-4-2/h21-24H,3-14,17-18H2,1-2H3. The molecule has 2 aromatic rings. The lowest BCUT2D eigenvalue weighted by atomic mass is 10.1. The van der Waals surface area contributed by atoms with Crippen molar-refractivity contribution in [1.29, 1.82) is 0 Å². The predicted molar refractivity (Wildman–Crippen MR) is 137 cm³/mol. The quantitative estimate of drug-likeness (QED) is 0.204. The maximum absolute atomic E-state index is 3.22. The Hall–Kier alpha value is -1.48. The van der Waals surface area contributed by atoms with Gasteiger partial charge >= 0.3 is 0 Å². The molecule has 0 radical (unpaired) electrons. The lowest BCUT2D eigenvalue weighted by Gasteiger charge is -1.98. The average Bonchev–Trinajstić information content (AvgIpc) is 3.40. The van der Waals surface area contributed by atoms with Crippen molar-refractivity contribution in [2.24, 2.45) is 0 Å². The maximum atomic E-state index is 3.22. The van der Waals surface area contributed by atoms with Gasteiger partial charge in [-0.2, -0.15) is 0 Å². The maximum Gasteiger partial charge on any atom is 0.0781 e. The normalized spacial score (nSPS) is 10.3. The second-order valence-electron chi connectivity index (χ2n) is 8.07. The second-order valence-corrected chi connectivity index (χ2v) is 10.4. The molecular weight excluding hydrogens is 400 g/mol. The van der Waals surface area contributed by atoms with E-state index in [1.54, 1.807) is 0 Å². The molecule has 0 amide bonds. The average molecular weight is 439 g/mol. The second kappa shape index (κ2) is 16.2. The molecule has 0 spiro atoms. The lowest BCUT2D eigenvalue weighted by molar-refractivity contribution is 0.609. The first kappa shape index (κ1) is 24.8. The molecule has 2 heterocycles. The van der Waals surface area contributed by atoms with Crippen LogP contribution in [0.5, 0.6) is 0 Å². The Balaban J connectivity index is 1.67. The highest BCUT2D eigenvalue weighted by Gasteiger charge is 1.99. The van der Waals surface area contributed by atoms with E-state index in [0.29, 0.717) is 0 Å². The molecule has 0 bridgehead atoms. The van der Waals surface area contributed by atoms with Crippen molar-refractivity contribution in [3.05, 3.63) is 43.8 Å². The van der Waals surface area contributed by atoms with Gasteiger partial charge in [-0.05, 0) is 73.6 Å². The summed E-state index contributed by atoms with van der Waals surface area (Å²) in [6.07, 6.45) is 18.6. The van der Waals surface area contributed by atoms with Gasteiger partial charge in [-0.25, -0.2) is 0 Å². The van der Waals surface area contributed by atoms with Crippen molar-refractivity contribution in [2.75, 3.05) is 0 Å². The van der Waals surface area contributed by atoms with Gasteiger partial charge in [-0.15, -0.1) is 22.7 Å². The van der Waals surface area contributed by atoms with Gasteiger partial charge in [0.2, 0.25) is 0 Å². The SMILES string of the molecule is CCCCCCCCc1ccc(C#CC#Cc2ccc(CCCCCCCC)s2)s1. The molecule has 2 rings (SSSR count). The number of rotatable bonds is 14. The first-order chi connectivity index (χ1) is 14.8. The van der Waals surface area contributed by atoms with Gasteiger partial charge in [0.05, 0.1) is 9.75 Å². The molecule has 0 saturated heterocycles. The van der Waals surface area contributed by atoms with Gasteiger partial charge in [0.1, 0.15) is 0 Å². The fraction of sp³-hybridized carbons (Fsp3) is 0.571. The summed E-state index contributed by atoms with van der Waals surface area (Å²) in [6, 6.07) is 8.77. The van der Waals surface area contributed by atoms with Crippen LogP contribution in [-0.2, 0) is 12.8 Å². The molecule has 2 aromatic heterocycles. The summed E-state index contributed by atoms with van der Waals surface area (Å²) in [5, 5.41) is 0. The van der Waals surface area contributed by atoms with E-state index in [1.165, 1.54) is 99.6 Å². The molecule has 0 aliphatic carbocycles. The minimum Gasteiger partial charge on any atom is -0.132 e. The van der Waals surface area contributed by atoms with Crippen molar-refractivity contribution in [3.8, 4) is 23.7 Å². The summed E-state index contributed by atoms with van der Waals surface area (Å²) in [7, 11) is 0. The molecule has 0 fully saturated rings. The third kappa shape index (κ3) is 11.1. The summed E-state index contributed by atoms with van der Waals surface area (Å²) < 4.78 is 0. The zero-order valence-corrected chi connectivity index (χ0v) is 20.7. The van der Waals surface area contributed by atoms with Crippen LogP contribution in [0.15, 0.2) is 24.3 Å². The number of thiophene rings is 2. The van der Waals surface area contributed by atoms with E-state index in [1.807, 2.05) is 22.7 Å². The third-order valence-corrected chi connectivity index (χ3v) is 7.43. The Morgan fingerprint density at radius 3 is 1.37 bits per heavy atom. The van der Waals surface area contributed by atoms with E-state index in [2.05, 4.69) is 61.8 Å². The summed E-state index contributed by atoms with van der Waals surface area (Å²) in [5.74, 6) is 12.5. The van der Waals surface area contributed by atoms with Crippen molar-refractivity contribution in [1.82, 2.24) is 0 Å². The monoisotopic (exact) mass is 438 g/mol. The Labute approximate surface area is 193 Å². The van der Waals surface area contributed by atoms with Crippen LogP contribution in [0.1, 0.15) is 110 Å². The molecule has 0 aromatic carbocycles. The Morgan fingerprint density at radius 1 is 0.533 bits per heavy atom. The van der Waals surface area contributed by atoms with Crippen LogP contribution in [0.3, 0.4) is 0 Å². The number of hydrogen-bond acceptors (Lipinski definition) is 2. The van der Waals surface area contributed by atoms with Crippen LogP contribution >= 0.6 is 22.7 Å². The van der Waals surface area contributed by atoms with Crippen LogP contribution in [0, 0.1) is 23.7 Å². The molecule has 0 aliphatic rings.